The van der Waals surface area contributed by atoms with Crippen LogP contribution in [0.5, 0.6) is 0 Å². The summed E-state index contributed by atoms with van der Waals surface area (Å²) in [4.78, 5) is 25.9. The summed E-state index contributed by atoms with van der Waals surface area (Å²) < 4.78 is 0. The number of carbonyl (C=O) groups is 2. The summed E-state index contributed by atoms with van der Waals surface area (Å²) in [5.74, 6) is 0.106. The molecule has 0 unspecified atom stereocenters. The Labute approximate surface area is 185 Å². The van der Waals surface area contributed by atoms with Crippen molar-refractivity contribution >= 4 is 34.5 Å². The van der Waals surface area contributed by atoms with Gasteiger partial charge in [0, 0.05) is 33.8 Å². The molecule has 0 fully saturated rings. The molecular weight excluding hydrogens is 408 g/mol. The lowest BCUT2D eigenvalue weighted by molar-refractivity contribution is -0.116. The number of carbonyl (C=O) groups excluding carboxylic acids is 2. The van der Waals surface area contributed by atoms with Crippen molar-refractivity contribution < 1.29 is 9.59 Å². The Bertz CT molecular complexity index is 1220. The summed E-state index contributed by atoms with van der Waals surface area (Å²) in [6, 6.07) is 22.1. The minimum atomic E-state index is -0.300. The average molecular weight is 429 g/mol. The molecule has 1 atom stereocenters. The van der Waals surface area contributed by atoms with Crippen molar-refractivity contribution in [3.05, 3.63) is 106 Å². The smallest absolute Gasteiger partial charge is 0.193 e. The fraction of sp³-hybridized carbons (Fsp3) is 0.154. The first-order chi connectivity index (χ1) is 15.1. The fourth-order valence-electron chi connectivity index (χ4n) is 4.33. The highest BCUT2D eigenvalue weighted by molar-refractivity contribution is 6.30. The standard InChI is InChI=1S/C26H21ClN2O2/c27-19-9-4-8-17(14-19)25-24-21(10-5-11-23(24)30)28-22-15-18(12-13-20(22)29-25)26(31)16-6-2-1-3-7-16/h1-4,6-9,12-15,25,28-29H,5,10-11H2/t25-/m1/s1. The highest BCUT2D eigenvalue weighted by Crippen LogP contribution is 2.41. The molecule has 0 radical (unpaired) electrons. The molecule has 5 rings (SSSR count). The lowest BCUT2D eigenvalue weighted by atomic mass is 9.87. The number of hydrogen-bond acceptors (Lipinski definition) is 4. The third-order valence-electron chi connectivity index (χ3n) is 5.83. The van der Waals surface area contributed by atoms with E-state index in [0.29, 0.717) is 22.6 Å². The molecule has 5 heteroatoms. The first-order valence-corrected chi connectivity index (χ1v) is 10.8. The number of fused-ring (bicyclic) bond motifs is 1. The number of ketones is 2. The van der Waals surface area contributed by atoms with Crippen LogP contribution in [0.25, 0.3) is 0 Å². The van der Waals surface area contributed by atoms with E-state index in [0.717, 1.165) is 41.1 Å². The molecule has 0 saturated carbocycles. The van der Waals surface area contributed by atoms with Gasteiger partial charge in [0.1, 0.15) is 0 Å². The van der Waals surface area contributed by atoms with E-state index in [2.05, 4.69) is 10.6 Å². The second-order valence-corrected chi connectivity index (χ2v) is 8.32. The van der Waals surface area contributed by atoms with Crippen LogP contribution >= 0.6 is 11.6 Å². The Morgan fingerprint density at radius 1 is 0.871 bits per heavy atom. The monoisotopic (exact) mass is 428 g/mol. The molecule has 0 bridgehead atoms. The van der Waals surface area contributed by atoms with E-state index >= 15 is 0 Å². The highest BCUT2D eigenvalue weighted by atomic mass is 35.5. The van der Waals surface area contributed by atoms with Crippen molar-refractivity contribution in [3.8, 4) is 0 Å². The summed E-state index contributed by atoms with van der Waals surface area (Å²) in [6.07, 6.45) is 2.13. The topological polar surface area (TPSA) is 58.2 Å². The van der Waals surface area contributed by atoms with Gasteiger partial charge in [-0.15, -0.1) is 0 Å². The summed E-state index contributed by atoms with van der Waals surface area (Å²) >= 11 is 6.25. The van der Waals surface area contributed by atoms with Gasteiger partial charge < -0.3 is 10.6 Å². The van der Waals surface area contributed by atoms with Crippen molar-refractivity contribution in [1.29, 1.82) is 0 Å². The SMILES string of the molecule is O=C1CCCC2=C1[C@@H](c1cccc(Cl)c1)Nc1ccc(C(=O)c3ccccc3)cc1N2. The Kier molecular flexibility index (Phi) is 5.08. The van der Waals surface area contributed by atoms with Crippen molar-refractivity contribution in [3.63, 3.8) is 0 Å². The maximum Gasteiger partial charge on any atom is 0.193 e. The van der Waals surface area contributed by atoms with Crippen LogP contribution in [0.1, 0.15) is 46.8 Å². The van der Waals surface area contributed by atoms with Crippen molar-refractivity contribution in [2.45, 2.75) is 25.3 Å². The number of benzene rings is 3. The third-order valence-corrected chi connectivity index (χ3v) is 6.07. The number of allylic oxidation sites excluding steroid dienone is 1. The zero-order chi connectivity index (χ0) is 21.4. The van der Waals surface area contributed by atoms with Gasteiger partial charge in [0.15, 0.2) is 11.6 Å². The van der Waals surface area contributed by atoms with Crippen LogP contribution in [-0.2, 0) is 4.79 Å². The Morgan fingerprint density at radius 3 is 2.52 bits per heavy atom. The molecule has 4 nitrogen and oxygen atoms in total. The van der Waals surface area contributed by atoms with Gasteiger partial charge >= 0.3 is 0 Å². The predicted molar refractivity (Wildman–Crippen MR) is 124 cm³/mol. The molecule has 2 aliphatic rings. The van der Waals surface area contributed by atoms with Crippen LogP contribution in [0.15, 0.2) is 84.1 Å². The van der Waals surface area contributed by atoms with Crippen molar-refractivity contribution in [2.24, 2.45) is 0 Å². The van der Waals surface area contributed by atoms with Crippen LogP contribution in [0.2, 0.25) is 5.02 Å². The van der Waals surface area contributed by atoms with E-state index in [-0.39, 0.29) is 17.6 Å². The normalized spacial score (nSPS) is 17.7. The lowest BCUT2D eigenvalue weighted by Gasteiger charge is -2.25. The first kappa shape index (κ1) is 19.6. The minimum Gasteiger partial charge on any atom is -0.372 e. The Hall–Kier alpha value is -3.37. The van der Waals surface area contributed by atoms with Crippen LogP contribution in [0.3, 0.4) is 0 Å². The van der Waals surface area contributed by atoms with Gasteiger partial charge in [-0.05, 0) is 48.7 Å². The van der Waals surface area contributed by atoms with Crippen LogP contribution < -0.4 is 10.6 Å². The minimum absolute atomic E-state index is 0.0326. The lowest BCUT2D eigenvalue weighted by Crippen LogP contribution is -2.23. The number of nitrogens with one attached hydrogen (secondary N) is 2. The number of halogens is 1. The van der Waals surface area contributed by atoms with Gasteiger partial charge in [0.05, 0.1) is 17.4 Å². The third kappa shape index (κ3) is 3.75. The molecule has 154 valence electrons. The molecule has 0 spiro atoms. The van der Waals surface area contributed by atoms with Gasteiger partial charge in [0.2, 0.25) is 0 Å². The van der Waals surface area contributed by atoms with Gasteiger partial charge in [-0.25, -0.2) is 0 Å². The quantitative estimate of drug-likeness (QED) is 0.491. The maximum atomic E-state index is 12.9. The zero-order valence-electron chi connectivity index (χ0n) is 16.8. The molecule has 1 aliphatic heterocycles. The summed E-state index contributed by atoms with van der Waals surface area (Å²) in [5, 5.41) is 7.62. The molecule has 31 heavy (non-hydrogen) atoms. The van der Waals surface area contributed by atoms with Gasteiger partial charge in [-0.2, -0.15) is 0 Å². The molecule has 3 aromatic carbocycles. The van der Waals surface area contributed by atoms with E-state index in [1.165, 1.54) is 0 Å². The second-order valence-electron chi connectivity index (χ2n) is 7.88. The molecular formula is C26H21ClN2O2. The van der Waals surface area contributed by atoms with Crippen LogP contribution in [0.4, 0.5) is 11.4 Å². The molecule has 3 aromatic rings. The first-order valence-electron chi connectivity index (χ1n) is 10.4. The van der Waals surface area contributed by atoms with Gasteiger partial charge in [-0.3, -0.25) is 9.59 Å². The molecule has 2 N–H and O–H groups in total. The zero-order valence-corrected chi connectivity index (χ0v) is 17.6. The number of rotatable bonds is 3. The van der Waals surface area contributed by atoms with E-state index in [4.69, 9.17) is 11.6 Å². The second kappa shape index (κ2) is 8.05. The Balaban J connectivity index is 1.59. The van der Waals surface area contributed by atoms with Crippen LogP contribution in [-0.4, -0.2) is 11.6 Å². The fourth-order valence-corrected chi connectivity index (χ4v) is 4.52. The van der Waals surface area contributed by atoms with E-state index < -0.39 is 0 Å². The van der Waals surface area contributed by atoms with Crippen molar-refractivity contribution in [1.82, 2.24) is 0 Å². The number of Topliss-reactive ketones (excluding diaryl/α,β-unsaturated/α-hetero) is 1. The highest BCUT2D eigenvalue weighted by Gasteiger charge is 2.32. The molecule has 0 saturated heterocycles. The predicted octanol–water partition coefficient (Wildman–Crippen LogP) is 6.16. The molecule has 0 amide bonds. The maximum absolute atomic E-state index is 12.9. The molecule has 1 aliphatic carbocycles. The molecule has 1 heterocycles. The summed E-state index contributed by atoms with van der Waals surface area (Å²) in [6.45, 7) is 0. The van der Waals surface area contributed by atoms with E-state index in [1.54, 1.807) is 0 Å². The van der Waals surface area contributed by atoms with E-state index in [1.807, 2.05) is 72.8 Å². The average Bonchev–Trinajstić information content (AvgIpc) is 2.96. The van der Waals surface area contributed by atoms with E-state index in [9.17, 15) is 9.59 Å². The van der Waals surface area contributed by atoms with Gasteiger partial charge in [0.25, 0.3) is 0 Å². The van der Waals surface area contributed by atoms with Crippen molar-refractivity contribution in [2.75, 3.05) is 10.6 Å². The largest absolute Gasteiger partial charge is 0.372 e. The summed E-state index contributed by atoms with van der Waals surface area (Å²) in [5.41, 5.74) is 5.50. The molecule has 0 aromatic heterocycles. The summed E-state index contributed by atoms with van der Waals surface area (Å²) in [7, 11) is 0. The number of anilines is 2. The van der Waals surface area contributed by atoms with Gasteiger partial charge in [-0.1, -0.05) is 54.1 Å². The Morgan fingerprint density at radius 2 is 1.71 bits per heavy atom. The van der Waals surface area contributed by atoms with Crippen LogP contribution in [0, 0.1) is 0 Å². The number of hydrogen-bond donors (Lipinski definition) is 2.